The van der Waals surface area contributed by atoms with Crippen molar-refractivity contribution in [3.05, 3.63) is 59.7 Å². The van der Waals surface area contributed by atoms with Gasteiger partial charge in [-0.25, -0.2) is 0 Å². The standard InChI is InChI=1S/C20H20O5/c1-3-12-23-20-17(13-21)19(16-6-4-5-7-18(16)25-20)24-15-10-8-14(22-2)9-11-15/h4-11,13,20H,3,12H2,1-2H3. The van der Waals surface area contributed by atoms with Crippen LogP contribution in [-0.2, 0) is 9.53 Å². The normalized spacial score (nSPS) is 16.0. The topological polar surface area (TPSA) is 54.0 Å². The minimum atomic E-state index is -0.777. The first kappa shape index (κ1) is 17.0. The molecule has 0 saturated carbocycles. The van der Waals surface area contributed by atoms with E-state index in [0.717, 1.165) is 24.0 Å². The van der Waals surface area contributed by atoms with E-state index < -0.39 is 6.29 Å². The summed E-state index contributed by atoms with van der Waals surface area (Å²) in [6.07, 6.45) is 0.776. The Hall–Kier alpha value is -2.79. The largest absolute Gasteiger partial charge is 0.497 e. The van der Waals surface area contributed by atoms with Gasteiger partial charge in [0.25, 0.3) is 0 Å². The van der Waals surface area contributed by atoms with E-state index in [1.54, 1.807) is 31.4 Å². The van der Waals surface area contributed by atoms with Crippen LogP contribution in [0.15, 0.2) is 54.1 Å². The zero-order valence-electron chi connectivity index (χ0n) is 14.2. The fourth-order valence-corrected chi connectivity index (χ4v) is 2.53. The van der Waals surface area contributed by atoms with Crippen molar-refractivity contribution in [1.29, 1.82) is 0 Å². The van der Waals surface area contributed by atoms with E-state index in [9.17, 15) is 4.79 Å². The van der Waals surface area contributed by atoms with Gasteiger partial charge in [0.15, 0.2) is 12.0 Å². The lowest BCUT2D eigenvalue weighted by Crippen LogP contribution is -2.30. The zero-order chi connectivity index (χ0) is 17.6. The average molecular weight is 340 g/mol. The highest BCUT2D eigenvalue weighted by molar-refractivity contribution is 5.89. The van der Waals surface area contributed by atoms with Gasteiger partial charge in [-0.05, 0) is 42.8 Å². The summed E-state index contributed by atoms with van der Waals surface area (Å²) in [5.41, 5.74) is 1.06. The predicted octanol–water partition coefficient (Wildman–Crippen LogP) is 3.83. The van der Waals surface area contributed by atoms with E-state index >= 15 is 0 Å². The van der Waals surface area contributed by atoms with Gasteiger partial charge in [-0.3, -0.25) is 4.79 Å². The second-order valence-corrected chi connectivity index (χ2v) is 5.50. The summed E-state index contributed by atoms with van der Waals surface area (Å²) in [6, 6.07) is 14.6. The highest BCUT2D eigenvalue weighted by atomic mass is 16.7. The van der Waals surface area contributed by atoms with Gasteiger partial charge >= 0.3 is 0 Å². The summed E-state index contributed by atoms with van der Waals surface area (Å²) in [5.74, 6) is 2.40. The molecule has 5 nitrogen and oxygen atoms in total. The Morgan fingerprint density at radius 2 is 1.80 bits per heavy atom. The Bertz CT molecular complexity index is 764. The molecule has 1 aliphatic heterocycles. The van der Waals surface area contributed by atoms with Crippen LogP contribution in [0.5, 0.6) is 17.2 Å². The average Bonchev–Trinajstić information content (AvgIpc) is 2.66. The second kappa shape index (κ2) is 7.85. The second-order valence-electron chi connectivity index (χ2n) is 5.50. The van der Waals surface area contributed by atoms with Crippen molar-refractivity contribution >= 4 is 12.0 Å². The summed E-state index contributed by atoms with van der Waals surface area (Å²) in [4.78, 5) is 11.7. The minimum Gasteiger partial charge on any atom is -0.497 e. The molecule has 2 aromatic carbocycles. The molecule has 3 rings (SSSR count). The van der Waals surface area contributed by atoms with E-state index in [0.29, 0.717) is 29.4 Å². The van der Waals surface area contributed by atoms with Gasteiger partial charge in [-0.1, -0.05) is 19.1 Å². The lowest BCUT2D eigenvalue weighted by molar-refractivity contribution is -0.110. The van der Waals surface area contributed by atoms with Crippen LogP contribution in [0.25, 0.3) is 5.76 Å². The molecule has 1 aliphatic rings. The van der Waals surface area contributed by atoms with Gasteiger partial charge in [0.05, 0.1) is 19.3 Å². The summed E-state index contributed by atoms with van der Waals surface area (Å²) in [5, 5.41) is 0. The number of rotatable bonds is 7. The van der Waals surface area contributed by atoms with Crippen molar-refractivity contribution in [2.24, 2.45) is 0 Å². The zero-order valence-corrected chi connectivity index (χ0v) is 14.2. The summed E-state index contributed by atoms with van der Waals surface area (Å²) < 4.78 is 22.7. The van der Waals surface area contributed by atoms with Crippen LogP contribution in [0, 0.1) is 0 Å². The highest BCUT2D eigenvalue weighted by Crippen LogP contribution is 2.37. The third-order valence-electron chi connectivity index (χ3n) is 3.76. The molecule has 1 heterocycles. The minimum absolute atomic E-state index is 0.336. The lowest BCUT2D eigenvalue weighted by Gasteiger charge is -2.28. The van der Waals surface area contributed by atoms with E-state index in [4.69, 9.17) is 18.9 Å². The van der Waals surface area contributed by atoms with Gasteiger partial charge in [0, 0.05) is 0 Å². The van der Waals surface area contributed by atoms with E-state index in [-0.39, 0.29) is 0 Å². The van der Waals surface area contributed by atoms with E-state index in [1.165, 1.54) is 0 Å². The number of ether oxygens (including phenoxy) is 4. The molecule has 5 heteroatoms. The van der Waals surface area contributed by atoms with Crippen molar-refractivity contribution in [3.8, 4) is 17.2 Å². The molecule has 0 saturated heterocycles. The Balaban J connectivity index is 1.99. The number of carbonyl (C=O) groups excluding carboxylic acids is 1. The Labute approximate surface area is 146 Å². The molecule has 0 N–H and O–H groups in total. The van der Waals surface area contributed by atoms with Crippen molar-refractivity contribution in [3.63, 3.8) is 0 Å². The molecule has 0 spiro atoms. The SMILES string of the molecule is CCCOC1Oc2ccccc2C(Oc2ccc(OC)cc2)=C1C=O. The van der Waals surface area contributed by atoms with Crippen molar-refractivity contribution in [2.75, 3.05) is 13.7 Å². The van der Waals surface area contributed by atoms with Gasteiger partial charge in [0.2, 0.25) is 6.29 Å². The molecule has 130 valence electrons. The summed E-state index contributed by atoms with van der Waals surface area (Å²) >= 11 is 0. The van der Waals surface area contributed by atoms with Crippen LogP contribution in [0.1, 0.15) is 18.9 Å². The molecule has 0 aliphatic carbocycles. The smallest absolute Gasteiger partial charge is 0.233 e. The van der Waals surface area contributed by atoms with Gasteiger partial charge in [0.1, 0.15) is 22.8 Å². The number of fused-ring (bicyclic) bond motifs is 1. The molecule has 1 atom stereocenters. The van der Waals surface area contributed by atoms with Crippen LogP contribution in [0.3, 0.4) is 0 Å². The van der Waals surface area contributed by atoms with E-state index in [2.05, 4.69) is 0 Å². The Morgan fingerprint density at radius 3 is 2.48 bits per heavy atom. The third kappa shape index (κ3) is 3.67. The number of carbonyl (C=O) groups is 1. The third-order valence-corrected chi connectivity index (χ3v) is 3.76. The molecule has 0 bridgehead atoms. The van der Waals surface area contributed by atoms with Gasteiger partial charge in [-0.2, -0.15) is 0 Å². The summed E-state index contributed by atoms with van der Waals surface area (Å²) in [7, 11) is 1.60. The molecule has 2 aromatic rings. The molecule has 1 unspecified atom stereocenters. The molecule has 0 radical (unpaired) electrons. The number of hydrogen-bond donors (Lipinski definition) is 0. The van der Waals surface area contributed by atoms with E-state index in [1.807, 2.05) is 31.2 Å². The predicted molar refractivity (Wildman–Crippen MR) is 93.7 cm³/mol. The maximum absolute atomic E-state index is 11.7. The molecular weight excluding hydrogens is 320 g/mol. The van der Waals surface area contributed by atoms with Crippen LogP contribution in [0.4, 0.5) is 0 Å². The van der Waals surface area contributed by atoms with Crippen molar-refractivity contribution in [1.82, 2.24) is 0 Å². The Morgan fingerprint density at radius 1 is 1.08 bits per heavy atom. The maximum Gasteiger partial charge on any atom is 0.233 e. The monoisotopic (exact) mass is 340 g/mol. The first-order valence-electron chi connectivity index (χ1n) is 8.15. The molecule has 25 heavy (non-hydrogen) atoms. The summed E-state index contributed by atoms with van der Waals surface area (Å²) in [6.45, 7) is 2.48. The highest BCUT2D eigenvalue weighted by Gasteiger charge is 2.30. The maximum atomic E-state index is 11.7. The first-order valence-corrected chi connectivity index (χ1v) is 8.15. The van der Waals surface area contributed by atoms with Crippen molar-refractivity contribution in [2.45, 2.75) is 19.6 Å². The van der Waals surface area contributed by atoms with Crippen LogP contribution >= 0.6 is 0 Å². The van der Waals surface area contributed by atoms with Crippen LogP contribution < -0.4 is 14.2 Å². The first-order chi connectivity index (χ1) is 12.3. The van der Waals surface area contributed by atoms with Crippen LogP contribution in [0.2, 0.25) is 0 Å². The fourth-order valence-electron chi connectivity index (χ4n) is 2.53. The lowest BCUT2D eigenvalue weighted by atomic mass is 10.0. The van der Waals surface area contributed by atoms with Crippen molar-refractivity contribution < 1.29 is 23.7 Å². The Kier molecular flexibility index (Phi) is 5.36. The fraction of sp³-hybridized carbons (Fsp3) is 0.250. The molecule has 0 aromatic heterocycles. The molecule has 0 fully saturated rings. The number of hydrogen-bond acceptors (Lipinski definition) is 5. The number of aldehydes is 1. The van der Waals surface area contributed by atoms with Gasteiger partial charge < -0.3 is 18.9 Å². The van der Waals surface area contributed by atoms with Crippen LogP contribution in [-0.4, -0.2) is 26.3 Å². The number of methoxy groups -OCH3 is 1. The molecule has 0 amide bonds. The number of para-hydroxylation sites is 1. The quantitative estimate of drug-likeness (QED) is 0.717. The van der Waals surface area contributed by atoms with Gasteiger partial charge in [-0.15, -0.1) is 0 Å². The number of benzene rings is 2. The molecular formula is C20H20O5.